The minimum atomic E-state index is -0.207. The average Bonchev–Trinajstić information content (AvgIpc) is 2.87. The van der Waals surface area contributed by atoms with Gasteiger partial charge in [-0.25, -0.2) is 0 Å². The predicted octanol–water partition coefficient (Wildman–Crippen LogP) is 3.16. The second kappa shape index (κ2) is 3.73. The van der Waals surface area contributed by atoms with Crippen molar-refractivity contribution in [1.82, 2.24) is 0 Å². The third kappa shape index (κ3) is 1.48. The molecule has 0 aromatic rings. The monoisotopic (exact) mass is 218 g/mol. The van der Waals surface area contributed by atoms with E-state index in [4.69, 9.17) is 0 Å². The lowest BCUT2D eigenvalue weighted by Gasteiger charge is -2.27. The molecule has 16 heavy (non-hydrogen) atoms. The van der Waals surface area contributed by atoms with Crippen LogP contribution in [-0.4, -0.2) is 11.2 Å². The van der Waals surface area contributed by atoms with E-state index in [0.717, 1.165) is 23.7 Å². The molecule has 0 amide bonds. The molecule has 1 unspecified atom stereocenters. The lowest BCUT2D eigenvalue weighted by molar-refractivity contribution is 0.156. The van der Waals surface area contributed by atoms with Crippen molar-refractivity contribution in [2.75, 3.05) is 0 Å². The van der Waals surface area contributed by atoms with Crippen LogP contribution >= 0.6 is 0 Å². The van der Waals surface area contributed by atoms with Crippen molar-refractivity contribution in [3.05, 3.63) is 23.8 Å². The summed E-state index contributed by atoms with van der Waals surface area (Å²) in [5.74, 6) is 3.88. The van der Waals surface area contributed by atoms with E-state index in [9.17, 15) is 5.11 Å². The molecule has 1 nitrogen and oxygen atoms in total. The van der Waals surface area contributed by atoms with E-state index in [0.29, 0.717) is 5.92 Å². The maximum Gasteiger partial charge on any atom is 0.0572 e. The molecular weight excluding hydrogens is 196 g/mol. The first-order valence-corrected chi connectivity index (χ1v) is 6.72. The first-order valence-electron chi connectivity index (χ1n) is 6.72. The van der Waals surface area contributed by atoms with E-state index in [1.54, 1.807) is 5.57 Å². The van der Waals surface area contributed by atoms with E-state index in [1.807, 2.05) is 6.92 Å². The lowest BCUT2D eigenvalue weighted by atomic mass is 9.78. The zero-order valence-electron chi connectivity index (χ0n) is 10.3. The van der Waals surface area contributed by atoms with Crippen molar-refractivity contribution < 1.29 is 5.11 Å². The Balaban J connectivity index is 1.79. The summed E-state index contributed by atoms with van der Waals surface area (Å²) >= 11 is 0. The van der Waals surface area contributed by atoms with Crippen LogP contribution in [0.4, 0.5) is 0 Å². The zero-order valence-corrected chi connectivity index (χ0v) is 10.3. The van der Waals surface area contributed by atoms with Crippen LogP contribution in [0.3, 0.4) is 0 Å². The van der Waals surface area contributed by atoms with Gasteiger partial charge in [0.1, 0.15) is 0 Å². The van der Waals surface area contributed by atoms with Crippen LogP contribution in [0, 0.1) is 29.6 Å². The number of aliphatic hydroxyl groups excluding tert-OH is 1. The fourth-order valence-corrected chi connectivity index (χ4v) is 4.05. The first kappa shape index (κ1) is 10.6. The third-order valence-corrected chi connectivity index (χ3v) is 5.10. The Bertz CT molecular complexity index is 339. The summed E-state index contributed by atoms with van der Waals surface area (Å²) in [5.41, 5.74) is 1.64. The normalized spacial score (nSPS) is 46.3. The Morgan fingerprint density at radius 1 is 1.44 bits per heavy atom. The molecule has 2 bridgehead atoms. The molecule has 1 N–H and O–H groups in total. The number of allylic oxidation sites excluding steroid dienone is 3. The molecular formula is C15H22O. The SMILES string of the molecule is CC(C=C1C[C@H]2C[C@@H]1[C@@H]1C=CC[C@H]21)[C@@H](C)O. The Morgan fingerprint density at radius 3 is 3.00 bits per heavy atom. The van der Waals surface area contributed by atoms with Crippen molar-refractivity contribution in [1.29, 1.82) is 0 Å². The van der Waals surface area contributed by atoms with Crippen LogP contribution < -0.4 is 0 Å². The van der Waals surface area contributed by atoms with Gasteiger partial charge < -0.3 is 5.11 Å². The van der Waals surface area contributed by atoms with Crippen molar-refractivity contribution >= 4 is 0 Å². The maximum absolute atomic E-state index is 9.58. The van der Waals surface area contributed by atoms with Gasteiger partial charge in [0.15, 0.2) is 0 Å². The fraction of sp³-hybridized carbons (Fsp3) is 0.733. The molecule has 3 aliphatic rings. The predicted molar refractivity (Wildman–Crippen MR) is 65.9 cm³/mol. The van der Waals surface area contributed by atoms with Crippen LogP contribution in [0.1, 0.15) is 33.1 Å². The molecule has 0 aliphatic heterocycles. The quantitative estimate of drug-likeness (QED) is 0.706. The van der Waals surface area contributed by atoms with E-state index >= 15 is 0 Å². The number of hydrogen-bond donors (Lipinski definition) is 1. The zero-order chi connectivity index (χ0) is 11.3. The Morgan fingerprint density at radius 2 is 2.25 bits per heavy atom. The molecule has 3 aliphatic carbocycles. The molecule has 88 valence electrons. The van der Waals surface area contributed by atoms with Gasteiger partial charge in [-0.3, -0.25) is 0 Å². The van der Waals surface area contributed by atoms with E-state index in [1.165, 1.54) is 19.3 Å². The topological polar surface area (TPSA) is 20.2 Å². The molecule has 2 saturated carbocycles. The Labute approximate surface area is 98.2 Å². The smallest absolute Gasteiger partial charge is 0.0572 e. The van der Waals surface area contributed by atoms with Crippen molar-refractivity contribution in [3.8, 4) is 0 Å². The molecule has 0 aromatic carbocycles. The third-order valence-electron chi connectivity index (χ3n) is 5.10. The van der Waals surface area contributed by atoms with Gasteiger partial charge in [-0.1, -0.05) is 30.7 Å². The van der Waals surface area contributed by atoms with Gasteiger partial charge in [0.2, 0.25) is 0 Å². The molecule has 3 rings (SSSR count). The number of fused-ring (bicyclic) bond motifs is 5. The molecule has 1 heteroatoms. The van der Waals surface area contributed by atoms with Gasteiger partial charge in [0.25, 0.3) is 0 Å². The molecule has 0 spiro atoms. The van der Waals surface area contributed by atoms with Gasteiger partial charge >= 0.3 is 0 Å². The van der Waals surface area contributed by atoms with Crippen molar-refractivity contribution in [2.24, 2.45) is 29.6 Å². The lowest BCUT2D eigenvalue weighted by Crippen LogP contribution is -2.20. The fourth-order valence-electron chi connectivity index (χ4n) is 4.05. The molecule has 0 aromatic heterocycles. The van der Waals surface area contributed by atoms with Gasteiger partial charge in [-0.15, -0.1) is 0 Å². The van der Waals surface area contributed by atoms with Crippen LogP contribution in [0.15, 0.2) is 23.8 Å². The van der Waals surface area contributed by atoms with E-state index < -0.39 is 0 Å². The summed E-state index contributed by atoms with van der Waals surface area (Å²) in [6, 6.07) is 0. The summed E-state index contributed by atoms with van der Waals surface area (Å²) in [5, 5.41) is 9.58. The molecule has 0 radical (unpaired) electrons. The van der Waals surface area contributed by atoms with Gasteiger partial charge in [0.05, 0.1) is 6.10 Å². The number of aliphatic hydroxyl groups is 1. The molecule has 0 heterocycles. The Kier molecular flexibility index (Phi) is 2.47. The van der Waals surface area contributed by atoms with Crippen molar-refractivity contribution in [3.63, 3.8) is 0 Å². The second-order valence-corrected chi connectivity index (χ2v) is 6.05. The Hall–Kier alpha value is -0.560. The van der Waals surface area contributed by atoms with Gasteiger partial charge in [-0.2, -0.15) is 0 Å². The minimum absolute atomic E-state index is 0.207. The number of hydrogen-bond acceptors (Lipinski definition) is 1. The summed E-state index contributed by atoms with van der Waals surface area (Å²) in [4.78, 5) is 0. The summed E-state index contributed by atoms with van der Waals surface area (Å²) in [7, 11) is 0. The van der Waals surface area contributed by atoms with E-state index in [-0.39, 0.29) is 6.10 Å². The largest absolute Gasteiger partial charge is 0.393 e. The summed E-state index contributed by atoms with van der Waals surface area (Å²) < 4.78 is 0. The average molecular weight is 218 g/mol. The minimum Gasteiger partial charge on any atom is -0.393 e. The van der Waals surface area contributed by atoms with Crippen LogP contribution in [0.2, 0.25) is 0 Å². The summed E-state index contributed by atoms with van der Waals surface area (Å²) in [6.45, 7) is 4.03. The van der Waals surface area contributed by atoms with Crippen LogP contribution in [0.5, 0.6) is 0 Å². The maximum atomic E-state index is 9.58. The first-order chi connectivity index (χ1) is 7.66. The van der Waals surface area contributed by atoms with Crippen molar-refractivity contribution in [2.45, 2.75) is 39.2 Å². The highest BCUT2D eigenvalue weighted by atomic mass is 16.3. The van der Waals surface area contributed by atoms with Gasteiger partial charge in [-0.05, 0) is 55.8 Å². The van der Waals surface area contributed by atoms with Gasteiger partial charge in [0, 0.05) is 0 Å². The van der Waals surface area contributed by atoms with Crippen LogP contribution in [-0.2, 0) is 0 Å². The standard InChI is InChI=1S/C15H22O/c1-9(10(2)16)6-11-7-12-8-15(11)14-5-3-4-13(12)14/h3,5-6,9-10,12-16H,4,7-8H2,1-2H3/t9?,10-,12+,13-,14-,15+/m1/s1. The summed E-state index contributed by atoms with van der Waals surface area (Å²) in [6.07, 6.45) is 11.0. The molecule has 6 atom stereocenters. The highest BCUT2D eigenvalue weighted by Crippen LogP contribution is 2.58. The number of rotatable bonds is 2. The highest BCUT2D eigenvalue weighted by Gasteiger charge is 2.49. The molecule has 0 saturated heterocycles. The molecule has 2 fully saturated rings. The van der Waals surface area contributed by atoms with E-state index in [2.05, 4.69) is 25.2 Å². The second-order valence-electron chi connectivity index (χ2n) is 6.05. The highest BCUT2D eigenvalue weighted by molar-refractivity contribution is 5.27. The van der Waals surface area contributed by atoms with Crippen LogP contribution in [0.25, 0.3) is 0 Å².